The first-order valence-corrected chi connectivity index (χ1v) is 11.6. The number of hydrogen-bond donors (Lipinski definition) is 2. The molecule has 28 heavy (non-hydrogen) atoms. The summed E-state index contributed by atoms with van der Waals surface area (Å²) in [5.41, 5.74) is 0.401. The molecule has 4 rings (SSSR count). The number of aliphatic carboxylic acids is 1. The molecule has 4 aliphatic carbocycles. The number of Topliss-reactive ketones (excluding diaryl/α,β-unsaturated/α-hetero) is 1. The zero-order chi connectivity index (χ0) is 20.3. The first kappa shape index (κ1) is 20.4. The van der Waals surface area contributed by atoms with Crippen LogP contribution in [0, 0.1) is 46.3 Å². The van der Waals surface area contributed by atoms with Crippen molar-refractivity contribution in [2.45, 2.75) is 91.1 Å². The third-order valence-electron chi connectivity index (χ3n) is 10.0. The van der Waals surface area contributed by atoms with Crippen molar-refractivity contribution in [1.82, 2.24) is 0 Å². The number of aliphatic hydroxyl groups is 1. The van der Waals surface area contributed by atoms with Gasteiger partial charge < -0.3 is 10.2 Å². The Kier molecular flexibility index (Phi) is 5.17. The number of ketones is 1. The second kappa shape index (κ2) is 7.11. The molecule has 5 unspecified atom stereocenters. The highest BCUT2D eigenvalue weighted by molar-refractivity contribution is 5.83. The fourth-order valence-electron chi connectivity index (χ4n) is 8.44. The summed E-state index contributed by atoms with van der Waals surface area (Å²) in [5.74, 6) is 2.25. The lowest BCUT2D eigenvalue weighted by molar-refractivity contribution is -0.160. The Labute approximate surface area is 169 Å². The van der Waals surface area contributed by atoms with Gasteiger partial charge in [0.1, 0.15) is 5.78 Å². The molecule has 2 N–H and O–H groups in total. The Morgan fingerprint density at radius 1 is 1.11 bits per heavy atom. The van der Waals surface area contributed by atoms with E-state index in [1.165, 1.54) is 6.42 Å². The van der Waals surface area contributed by atoms with Crippen LogP contribution in [-0.2, 0) is 9.59 Å². The van der Waals surface area contributed by atoms with Crippen molar-refractivity contribution in [2.24, 2.45) is 46.3 Å². The summed E-state index contributed by atoms with van der Waals surface area (Å²) in [6.45, 7) is 7.06. The van der Waals surface area contributed by atoms with Gasteiger partial charge in [-0.15, -0.1) is 0 Å². The van der Waals surface area contributed by atoms with Crippen LogP contribution < -0.4 is 0 Å². The summed E-state index contributed by atoms with van der Waals surface area (Å²) in [6, 6.07) is 0. The lowest BCUT2D eigenvalue weighted by Crippen LogP contribution is -2.57. The number of carboxylic acids is 1. The van der Waals surface area contributed by atoms with Gasteiger partial charge in [0.25, 0.3) is 0 Å². The number of carboxylic acid groups (broad SMARTS) is 1. The van der Waals surface area contributed by atoms with Crippen molar-refractivity contribution in [1.29, 1.82) is 0 Å². The van der Waals surface area contributed by atoms with Gasteiger partial charge in [-0.2, -0.15) is 0 Å². The molecule has 4 saturated carbocycles. The third kappa shape index (κ3) is 3.05. The minimum Gasteiger partial charge on any atom is -0.481 e. The molecule has 0 aromatic heterocycles. The fraction of sp³-hybridized carbons (Fsp3) is 0.917. The van der Waals surface area contributed by atoms with Crippen molar-refractivity contribution in [3.8, 4) is 0 Å². The van der Waals surface area contributed by atoms with Gasteiger partial charge in [-0.25, -0.2) is 0 Å². The topological polar surface area (TPSA) is 74.6 Å². The van der Waals surface area contributed by atoms with E-state index in [1.54, 1.807) is 0 Å². The largest absolute Gasteiger partial charge is 0.481 e. The second-order valence-electron chi connectivity index (χ2n) is 11.2. The number of carbonyl (C=O) groups is 2. The lowest BCUT2D eigenvalue weighted by atomic mass is 9.44. The van der Waals surface area contributed by atoms with Crippen molar-refractivity contribution >= 4 is 11.8 Å². The van der Waals surface area contributed by atoms with Gasteiger partial charge >= 0.3 is 5.97 Å². The Hall–Kier alpha value is -0.900. The molecular weight excluding hydrogens is 352 g/mol. The van der Waals surface area contributed by atoms with Crippen molar-refractivity contribution < 1.29 is 19.8 Å². The van der Waals surface area contributed by atoms with Crippen LogP contribution in [-0.4, -0.2) is 28.1 Å². The van der Waals surface area contributed by atoms with Gasteiger partial charge in [0.2, 0.25) is 0 Å². The molecule has 0 radical (unpaired) electrons. The zero-order valence-corrected chi connectivity index (χ0v) is 17.8. The molecular formula is C24H38O4. The summed E-state index contributed by atoms with van der Waals surface area (Å²) in [5, 5.41) is 19.3. The molecule has 4 fully saturated rings. The Morgan fingerprint density at radius 2 is 1.79 bits per heavy atom. The molecule has 4 nitrogen and oxygen atoms in total. The normalized spacial score (nSPS) is 49.1. The molecule has 158 valence electrons. The van der Waals surface area contributed by atoms with Crippen LogP contribution in [0.2, 0.25) is 0 Å². The zero-order valence-electron chi connectivity index (χ0n) is 17.8. The maximum Gasteiger partial charge on any atom is 0.303 e. The average Bonchev–Trinajstić information content (AvgIpc) is 2.98. The van der Waals surface area contributed by atoms with E-state index in [1.807, 2.05) is 0 Å². The van der Waals surface area contributed by atoms with E-state index in [0.717, 1.165) is 44.9 Å². The molecule has 9 atom stereocenters. The maximum absolute atomic E-state index is 13.3. The van der Waals surface area contributed by atoms with Crippen LogP contribution in [0.15, 0.2) is 0 Å². The van der Waals surface area contributed by atoms with Crippen LogP contribution in [0.5, 0.6) is 0 Å². The van der Waals surface area contributed by atoms with Gasteiger partial charge in [-0.1, -0.05) is 20.8 Å². The number of rotatable bonds is 4. The molecule has 4 heteroatoms. The van der Waals surface area contributed by atoms with Crippen molar-refractivity contribution in [3.05, 3.63) is 0 Å². The molecule has 0 saturated heterocycles. The smallest absolute Gasteiger partial charge is 0.303 e. The van der Waals surface area contributed by atoms with E-state index in [-0.39, 0.29) is 29.3 Å². The maximum atomic E-state index is 13.3. The van der Waals surface area contributed by atoms with E-state index < -0.39 is 5.97 Å². The van der Waals surface area contributed by atoms with E-state index in [0.29, 0.717) is 41.8 Å². The van der Waals surface area contributed by atoms with Crippen LogP contribution >= 0.6 is 0 Å². The molecule has 4 aliphatic rings. The van der Waals surface area contributed by atoms with E-state index in [2.05, 4.69) is 20.8 Å². The van der Waals surface area contributed by atoms with Crippen LogP contribution in [0.1, 0.15) is 85.0 Å². The molecule has 0 aromatic rings. The first-order chi connectivity index (χ1) is 13.2. The van der Waals surface area contributed by atoms with Crippen LogP contribution in [0.3, 0.4) is 0 Å². The highest BCUT2D eigenvalue weighted by Gasteiger charge is 2.62. The van der Waals surface area contributed by atoms with E-state index in [4.69, 9.17) is 5.11 Å². The molecule has 0 spiro atoms. The standard InChI is InChI=1S/C24H38O4/c1-14(4-7-21(27)28)17-5-6-18-22-19(9-11-24(17,18)3)23(2)10-8-16(25)12-15(23)13-20(22)26/h14-19,22,25H,4-13H2,1-3H3,(H,27,28)/t14-,15?,16-,17-,18?,19?,22?,23?,24-/m1/s1. The Morgan fingerprint density at radius 3 is 2.50 bits per heavy atom. The number of fused-ring (bicyclic) bond motifs is 5. The van der Waals surface area contributed by atoms with Gasteiger partial charge in [-0.05, 0) is 91.8 Å². The van der Waals surface area contributed by atoms with E-state index in [9.17, 15) is 14.7 Å². The van der Waals surface area contributed by atoms with Crippen molar-refractivity contribution in [3.63, 3.8) is 0 Å². The predicted octanol–water partition coefficient (Wildman–Crippen LogP) is 4.69. The van der Waals surface area contributed by atoms with E-state index >= 15 is 0 Å². The summed E-state index contributed by atoms with van der Waals surface area (Å²) < 4.78 is 0. The Bertz CT molecular complexity index is 645. The summed E-state index contributed by atoms with van der Waals surface area (Å²) in [4.78, 5) is 24.4. The highest BCUT2D eigenvalue weighted by atomic mass is 16.4. The number of hydrogen-bond acceptors (Lipinski definition) is 3. The SMILES string of the molecule is C[C@H](CCC(=O)O)[C@H]1CCC2C3C(=O)CC4C[C@H](O)CCC4(C)C3CC[C@@]21C. The lowest BCUT2D eigenvalue weighted by Gasteiger charge is -2.60. The average molecular weight is 391 g/mol. The summed E-state index contributed by atoms with van der Waals surface area (Å²) >= 11 is 0. The van der Waals surface area contributed by atoms with Gasteiger partial charge in [0.15, 0.2) is 0 Å². The summed E-state index contributed by atoms with van der Waals surface area (Å²) in [6.07, 6.45) is 8.81. The van der Waals surface area contributed by atoms with Crippen LogP contribution in [0.25, 0.3) is 0 Å². The van der Waals surface area contributed by atoms with Crippen LogP contribution in [0.4, 0.5) is 0 Å². The molecule has 0 bridgehead atoms. The molecule has 0 heterocycles. The summed E-state index contributed by atoms with van der Waals surface area (Å²) in [7, 11) is 0. The molecule has 0 aliphatic heterocycles. The Balaban J connectivity index is 1.56. The minimum atomic E-state index is -0.698. The first-order valence-electron chi connectivity index (χ1n) is 11.6. The number of aliphatic hydroxyl groups excluding tert-OH is 1. The molecule has 0 amide bonds. The van der Waals surface area contributed by atoms with Gasteiger partial charge in [0, 0.05) is 18.8 Å². The number of carbonyl (C=O) groups excluding carboxylic acids is 1. The third-order valence-corrected chi connectivity index (χ3v) is 10.0. The second-order valence-corrected chi connectivity index (χ2v) is 11.2. The van der Waals surface area contributed by atoms with Gasteiger partial charge in [0.05, 0.1) is 6.10 Å². The predicted molar refractivity (Wildman–Crippen MR) is 108 cm³/mol. The van der Waals surface area contributed by atoms with Gasteiger partial charge in [-0.3, -0.25) is 9.59 Å². The monoisotopic (exact) mass is 390 g/mol. The van der Waals surface area contributed by atoms with Crippen molar-refractivity contribution in [2.75, 3.05) is 0 Å². The minimum absolute atomic E-state index is 0.187. The highest BCUT2D eigenvalue weighted by Crippen LogP contribution is 2.67. The quantitative estimate of drug-likeness (QED) is 0.730. The fourth-order valence-corrected chi connectivity index (χ4v) is 8.44. The molecule has 0 aromatic carbocycles.